The second kappa shape index (κ2) is 7.96. The van der Waals surface area contributed by atoms with Gasteiger partial charge in [-0.25, -0.2) is 0 Å². The van der Waals surface area contributed by atoms with E-state index >= 15 is 0 Å². The van der Waals surface area contributed by atoms with Gasteiger partial charge in [-0.05, 0) is 104 Å². The smallest absolute Gasteiger partial charge is 0.251 e. The van der Waals surface area contributed by atoms with Crippen molar-refractivity contribution in [1.29, 1.82) is 0 Å². The van der Waals surface area contributed by atoms with Gasteiger partial charge in [-0.15, -0.1) is 0 Å². The standard InChI is InChI=1S/C31H38O4/c1-30-18-24(20-7-12-26-27(17-20)35-31(34-26)14-4-2-3-5-15-31)29-22-10-8-21(32)16-19(22)6-9-23(29)25(30)11-13-28(30)33/h7,12,16-17,23-25,28,33H,2-6,8-11,13-15,18H2,1H3. The number of ether oxygens (including phenoxy) is 2. The van der Waals surface area contributed by atoms with Gasteiger partial charge < -0.3 is 14.6 Å². The maximum absolute atomic E-state index is 12.2. The van der Waals surface area contributed by atoms with Crippen LogP contribution in [0.1, 0.15) is 102 Å². The Hall–Kier alpha value is -2.07. The van der Waals surface area contributed by atoms with Crippen LogP contribution in [0.5, 0.6) is 11.5 Å². The molecule has 6 aliphatic rings. The number of aliphatic hydroxyl groups excluding tert-OH is 1. The molecule has 5 atom stereocenters. The summed E-state index contributed by atoms with van der Waals surface area (Å²) in [6.45, 7) is 2.34. The molecule has 3 saturated carbocycles. The number of carbonyl (C=O) groups is 1. The molecule has 186 valence electrons. The highest BCUT2D eigenvalue weighted by atomic mass is 16.7. The maximum Gasteiger partial charge on any atom is 0.251 e. The molecule has 3 fully saturated rings. The Morgan fingerprint density at radius 2 is 1.74 bits per heavy atom. The lowest BCUT2D eigenvalue weighted by atomic mass is 9.53. The van der Waals surface area contributed by atoms with Gasteiger partial charge in [0.15, 0.2) is 17.3 Å². The summed E-state index contributed by atoms with van der Waals surface area (Å²) in [7, 11) is 0. The molecule has 7 rings (SSSR count). The molecule has 1 N–H and O–H groups in total. The Labute approximate surface area is 208 Å². The predicted molar refractivity (Wildman–Crippen MR) is 134 cm³/mol. The van der Waals surface area contributed by atoms with Gasteiger partial charge in [-0.1, -0.05) is 31.4 Å². The van der Waals surface area contributed by atoms with E-state index < -0.39 is 5.79 Å². The predicted octanol–water partition coefficient (Wildman–Crippen LogP) is 6.77. The lowest BCUT2D eigenvalue weighted by Gasteiger charge is -2.52. The third kappa shape index (κ3) is 3.38. The van der Waals surface area contributed by atoms with Crippen molar-refractivity contribution in [2.45, 2.75) is 108 Å². The van der Waals surface area contributed by atoms with Gasteiger partial charge in [-0.2, -0.15) is 0 Å². The molecule has 5 unspecified atom stereocenters. The molecule has 35 heavy (non-hydrogen) atoms. The van der Waals surface area contributed by atoms with Crippen molar-refractivity contribution in [3.63, 3.8) is 0 Å². The van der Waals surface area contributed by atoms with Crippen molar-refractivity contribution in [3.05, 3.63) is 46.6 Å². The van der Waals surface area contributed by atoms with Crippen molar-refractivity contribution >= 4 is 5.78 Å². The number of carbonyl (C=O) groups excluding carboxylic acids is 1. The SMILES string of the molecule is CC12CC(c3ccc4c(c3)OC3(CCCCCC3)O4)C3=C4CCC(=O)C=C4CCC3C1CCC2O. The molecular weight excluding hydrogens is 436 g/mol. The van der Waals surface area contributed by atoms with Crippen LogP contribution >= 0.6 is 0 Å². The first kappa shape index (κ1) is 22.2. The number of ketones is 1. The quantitative estimate of drug-likeness (QED) is 0.488. The molecular formula is C31H38O4. The molecule has 4 nitrogen and oxygen atoms in total. The number of fused-ring (bicyclic) bond motifs is 5. The minimum Gasteiger partial charge on any atom is -0.448 e. The minimum atomic E-state index is -0.475. The van der Waals surface area contributed by atoms with Crippen molar-refractivity contribution in [2.75, 3.05) is 0 Å². The second-order valence-corrected chi connectivity index (χ2v) is 12.4. The van der Waals surface area contributed by atoms with E-state index in [1.165, 1.54) is 29.6 Å². The molecule has 1 spiro atoms. The lowest BCUT2D eigenvalue weighted by molar-refractivity contribution is -0.114. The highest BCUT2D eigenvalue weighted by molar-refractivity contribution is 5.93. The van der Waals surface area contributed by atoms with E-state index in [0.717, 1.165) is 75.7 Å². The first-order chi connectivity index (χ1) is 17.0. The Morgan fingerprint density at radius 3 is 2.57 bits per heavy atom. The van der Waals surface area contributed by atoms with Gasteiger partial charge >= 0.3 is 0 Å². The van der Waals surface area contributed by atoms with Crippen LogP contribution in [0, 0.1) is 17.3 Å². The minimum absolute atomic E-state index is 0.0516. The molecule has 1 aromatic rings. The highest BCUT2D eigenvalue weighted by Crippen LogP contribution is 2.64. The summed E-state index contributed by atoms with van der Waals surface area (Å²) in [5.74, 6) is 2.91. The largest absolute Gasteiger partial charge is 0.448 e. The Kier molecular flexibility index (Phi) is 5.04. The average Bonchev–Trinajstić information content (AvgIpc) is 3.25. The molecule has 0 aromatic heterocycles. The van der Waals surface area contributed by atoms with E-state index in [0.29, 0.717) is 18.3 Å². The molecule has 0 saturated heterocycles. The fraction of sp³-hybridized carbons (Fsp3) is 0.645. The van der Waals surface area contributed by atoms with Gasteiger partial charge in [-0.3, -0.25) is 4.79 Å². The molecule has 0 radical (unpaired) electrons. The highest BCUT2D eigenvalue weighted by Gasteiger charge is 2.56. The van der Waals surface area contributed by atoms with Crippen LogP contribution in [0.25, 0.3) is 0 Å². The first-order valence-electron chi connectivity index (χ1n) is 14.1. The van der Waals surface area contributed by atoms with E-state index in [2.05, 4.69) is 25.1 Å². The summed E-state index contributed by atoms with van der Waals surface area (Å²) in [5.41, 5.74) is 5.58. The normalized spacial score (nSPS) is 37.4. The summed E-state index contributed by atoms with van der Waals surface area (Å²) in [6.07, 6.45) is 15.1. The van der Waals surface area contributed by atoms with Crippen LogP contribution < -0.4 is 9.47 Å². The Morgan fingerprint density at radius 1 is 0.943 bits per heavy atom. The summed E-state index contributed by atoms with van der Waals surface area (Å²) in [4.78, 5) is 12.2. The topological polar surface area (TPSA) is 55.8 Å². The van der Waals surface area contributed by atoms with Crippen molar-refractivity contribution in [3.8, 4) is 11.5 Å². The van der Waals surface area contributed by atoms with Crippen LogP contribution in [-0.4, -0.2) is 22.8 Å². The number of hydrogen-bond acceptors (Lipinski definition) is 4. The number of allylic oxidation sites excluding steroid dienone is 4. The fourth-order valence-corrected chi connectivity index (χ4v) is 8.73. The van der Waals surface area contributed by atoms with Crippen LogP contribution in [0.2, 0.25) is 0 Å². The molecule has 1 aliphatic heterocycles. The van der Waals surface area contributed by atoms with Gasteiger partial charge in [0, 0.05) is 25.2 Å². The van der Waals surface area contributed by atoms with Crippen LogP contribution in [-0.2, 0) is 4.79 Å². The number of benzene rings is 1. The van der Waals surface area contributed by atoms with Crippen molar-refractivity contribution in [1.82, 2.24) is 0 Å². The fourth-order valence-electron chi connectivity index (χ4n) is 8.73. The van der Waals surface area contributed by atoms with E-state index in [-0.39, 0.29) is 23.2 Å². The summed E-state index contributed by atoms with van der Waals surface area (Å²) >= 11 is 0. The van der Waals surface area contributed by atoms with Gasteiger partial charge in [0.05, 0.1) is 6.10 Å². The maximum atomic E-state index is 12.2. The average molecular weight is 475 g/mol. The summed E-state index contributed by atoms with van der Waals surface area (Å²) in [5, 5.41) is 11.1. The molecule has 0 bridgehead atoms. The van der Waals surface area contributed by atoms with E-state index in [1.54, 1.807) is 5.57 Å². The molecule has 5 aliphatic carbocycles. The van der Waals surface area contributed by atoms with Crippen molar-refractivity contribution < 1.29 is 19.4 Å². The van der Waals surface area contributed by atoms with Crippen molar-refractivity contribution in [2.24, 2.45) is 17.3 Å². The zero-order valence-electron chi connectivity index (χ0n) is 21.0. The summed E-state index contributed by atoms with van der Waals surface area (Å²) in [6, 6.07) is 6.64. The van der Waals surface area contributed by atoms with Gasteiger partial charge in [0.1, 0.15) is 0 Å². The molecule has 4 heteroatoms. The molecule has 1 aromatic carbocycles. The van der Waals surface area contributed by atoms with E-state index in [9.17, 15) is 9.90 Å². The summed E-state index contributed by atoms with van der Waals surface area (Å²) < 4.78 is 13.0. The van der Waals surface area contributed by atoms with Gasteiger partial charge in [0.25, 0.3) is 5.79 Å². The number of aliphatic hydroxyl groups is 1. The van der Waals surface area contributed by atoms with Crippen LogP contribution in [0.4, 0.5) is 0 Å². The van der Waals surface area contributed by atoms with E-state index in [4.69, 9.17) is 9.47 Å². The van der Waals surface area contributed by atoms with Crippen LogP contribution in [0.15, 0.2) is 41.0 Å². The Balaban J connectivity index is 1.31. The third-order valence-corrected chi connectivity index (χ3v) is 10.5. The number of rotatable bonds is 1. The number of hydrogen-bond donors (Lipinski definition) is 1. The Bertz CT molecular complexity index is 1120. The lowest BCUT2D eigenvalue weighted by Crippen LogP contribution is -2.45. The van der Waals surface area contributed by atoms with Gasteiger partial charge in [0.2, 0.25) is 0 Å². The zero-order valence-corrected chi connectivity index (χ0v) is 21.0. The third-order valence-electron chi connectivity index (χ3n) is 10.5. The zero-order chi connectivity index (χ0) is 23.8. The van der Waals surface area contributed by atoms with E-state index in [1.807, 2.05) is 6.08 Å². The second-order valence-electron chi connectivity index (χ2n) is 12.4. The monoisotopic (exact) mass is 474 g/mol. The van der Waals surface area contributed by atoms with Crippen LogP contribution in [0.3, 0.4) is 0 Å². The molecule has 1 heterocycles. The molecule has 0 amide bonds. The first-order valence-corrected chi connectivity index (χ1v) is 14.1.